The zero-order valence-electron chi connectivity index (χ0n) is 10.6. The molecule has 3 rings (SSSR count). The molecule has 1 unspecified atom stereocenters. The number of fused-ring (bicyclic) bond motifs is 1. The van der Waals surface area contributed by atoms with Gasteiger partial charge in [-0.15, -0.1) is 22.9 Å². The maximum atomic E-state index is 6.50. The zero-order chi connectivity index (χ0) is 13.2. The van der Waals surface area contributed by atoms with Crippen molar-refractivity contribution in [2.24, 2.45) is 0 Å². The van der Waals surface area contributed by atoms with Crippen molar-refractivity contribution in [2.75, 3.05) is 0 Å². The van der Waals surface area contributed by atoms with Crippen LogP contribution in [-0.4, -0.2) is 4.98 Å². The van der Waals surface area contributed by atoms with Crippen molar-refractivity contribution in [3.8, 4) is 0 Å². The van der Waals surface area contributed by atoms with Crippen molar-refractivity contribution in [1.29, 1.82) is 0 Å². The molecule has 2 aromatic carbocycles. The number of alkyl halides is 1. The number of thiazole rings is 1. The minimum atomic E-state index is -0.0595. The van der Waals surface area contributed by atoms with Gasteiger partial charge in [0, 0.05) is 5.38 Å². The minimum Gasteiger partial charge on any atom is -0.245 e. The molecule has 3 heteroatoms. The highest BCUT2D eigenvalue weighted by atomic mass is 35.5. The van der Waals surface area contributed by atoms with Gasteiger partial charge in [0.05, 0.1) is 16.1 Å². The summed E-state index contributed by atoms with van der Waals surface area (Å²) in [5, 5.41) is 5.60. The Morgan fingerprint density at radius 2 is 1.95 bits per heavy atom. The van der Waals surface area contributed by atoms with E-state index in [1.807, 2.05) is 6.92 Å². The third-order valence-corrected chi connectivity index (χ3v) is 4.41. The Kier molecular flexibility index (Phi) is 3.54. The van der Waals surface area contributed by atoms with Crippen LogP contribution in [0.1, 0.15) is 21.6 Å². The van der Waals surface area contributed by atoms with Gasteiger partial charge in [0.15, 0.2) is 0 Å². The molecule has 0 bridgehead atoms. The van der Waals surface area contributed by atoms with Gasteiger partial charge in [-0.3, -0.25) is 0 Å². The lowest BCUT2D eigenvalue weighted by Gasteiger charge is -2.10. The smallest absolute Gasteiger partial charge is 0.0897 e. The van der Waals surface area contributed by atoms with Crippen LogP contribution in [0.5, 0.6) is 0 Å². The number of benzene rings is 2. The maximum absolute atomic E-state index is 6.50. The largest absolute Gasteiger partial charge is 0.245 e. The molecule has 3 aromatic rings. The molecule has 0 N–H and O–H groups in total. The number of hydrogen-bond acceptors (Lipinski definition) is 2. The van der Waals surface area contributed by atoms with Crippen LogP contribution in [0, 0.1) is 6.92 Å². The van der Waals surface area contributed by atoms with Crippen LogP contribution in [0.25, 0.3) is 10.8 Å². The SMILES string of the molecule is Cc1nc(C(Cl)Cc2cccc3ccccc23)cs1. The Hall–Kier alpha value is -1.38. The second kappa shape index (κ2) is 5.32. The van der Waals surface area contributed by atoms with Gasteiger partial charge in [-0.2, -0.15) is 0 Å². The second-order valence-electron chi connectivity index (χ2n) is 4.60. The molecule has 1 heterocycles. The molecule has 1 aromatic heterocycles. The molecule has 0 saturated carbocycles. The van der Waals surface area contributed by atoms with Crippen molar-refractivity contribution in [3.63, 3.8) is 0 Å². The highest BCUT2D eigenvalue weighted by Crippen LogP contribution is 2.29. The van der Waals surface area contributed by atoms with E-state index in [0.29, 0.717) is 0 Å². The Balaban J connectivity index is 1.93. The molecule has 0 spiro atoms. The van der Waals surface area contributed by atoms with E-state index in [-0.39, 0.29) is 5.38 Å². The van der Waals surface area contributed by atoms with Crippen molar-refractivity contribution < 1.29 is 0 Å². The highest BCUT2D eigenvalue weighted by Gasteiger charge is 2.13. The average molecular weight is 288 g/mol. The van der Waals surface area contributed by atoms with Crippen LogP contribution in [0.4, 0.5) is 0 Å². The molecule has 19 heavy (non-hydrogen) atoms. The number of rotatable bonds is 3. The highest BCUT2D eigenvalue weighted by molar-refractivity contribution is 7.09. The zero-order valence-corrected chi connectivity index (χ0v) is 12.2. The topological polar surface area (TPSA) is 12.9 Å². The van der Waals surface area contributed by atoms with Crippen molar-refractivity contribution >= 4 is 33.7 Å². The summed E-state index contributed by atoms with van der Waals surface area (Å²) in [6.07, 6.45) is 0.812. The second-order valence-corrected chi connectivity index (χ2v) is 6.19. The van der Waals surface area contributed by atoms with Gasteiger partial charge in [-0.05, 0) is 29.7 Å². The van der Waals surface area contributed by atoms with Gasteiger partial charge in [0.1, 0.15) is 0 Å². The first-order valence-corrected chi connectivity index (χ1v) is 7.58. The van der Waals surface area contributed by atoms with Crippen molar-refractivity contribution in [2.45, 2.75) is 18.7 Å². The van der Waals surface area contributed by atoms with E-state index in [1.54, 1.807) is 11.3 Å². The molecule has 1 atom stereocenters. The molecule has 0 aliphatic carbocycles. The van der Waals surface area contributed by atoms with E-state index >= 15 is 0 Å². The first-order valence-electron chi connectivity index (χ1n) is 6.27. The normalized spacial score (nSPS) is 12.7. The van der Waals surface area contributed by atoms with Crippen LogP contribution >= 0.6 is 22.9 Å². The Morgan fingerprint density at radius 3 is 2.74 bits per heavy atom. The summed E-state index contributed by atoms with van der Waals surface area (Å²) in [4.78, 5) is 4.47. The third-order valence-electron chi connectivity index (χ3n) is 3.24. The summed E-state index contributed by atoms with van der Waals surface area (Å²) in [5.74, 6) is 0. The number of nitrogens with zero attached hydrogens (tertiary/aromatic N) is 1. The summed E-state index contributed by atoms with van der Waals surface area (Å²) < 4.78 is 0. The van der Waals surface area contributed by atoms with Crippen LogP contribution in [0.2, 0.25) is 0 Å². The molecule has 0 fully saturated rings. The summed E-state index contributed by atoms with van der Waals surface area (Å²) >= 11 is 8.15. The average Bonchev–Trinajstić information content (AvgIpc) is 2.86. The molecular formula is C16H14ClNS. The van der Waals surface area contributed by atoms with Gasteiger partial charge in [-0.1, -0.05) is 42.5 Å². The van der Waals surface area contributed by atoms with Crippen LogP contribution in [-0.2, 0) is 6.42 Å². The molecule has 0 aliphatic rings. The fourth-order valence-electron chi connectivity index (χ4n) is 2.29. The first-order chi connectivity index (χ1) is 9.24. The van der Waals surface area contributed by atoms with Crippen LogP contribution in [0.15, 0.2) is 47.8 Å². The van der Waals surface area contributed by atoms with Gasteiger partial charge in [0.2, 0.25) is 0 Å². The van der Waals surface area contributed by atoms with Gasteiger partial charge < -0.3 is 0 Å². The summed E-state index contributed by atoms with van der Waals surface area (Å²) in [5.41, 5.74) is 2.26. The maximum Gasteiger partial charge on any atom is 0.0897 e. The molecule has 0 amide bonds. The van der Waals surface area contributed by atoms with Crippen molar-refractivity contribution in [3.05, 3.63) is 64.1 Å². The molecule has 0 aliphatic heterocycles. The first kappa shape index (κ1) is 12.6. The number of hydrogen-bond donors (Lipinski definition) is 0. The lowest BCUT2D eigenvalue weighted by atomic mass is 10.0. The molecular weight excluding hydrogens is 274 g/mol. The van der Waals surface area contributed by atoms with E-state index in [0.717, 1.165) is 17.1 Å². The minimum absolute atomic E-state index is 0.0595. The molecule has 0 radical (unpaired) electrons. The van der Waals surface area contributed by atoms with Gasteiger partial charge in [0.25, 0.3) is 0 Å². The van der Waals surface area contributed by atoms with Crippen LogP contribution < -0.4 is 0 Å². The Morgan fingerprint density at radius 1 is 1.16 bits per heavy atom. The predicted octanol–water partition coefficient (Wildman–Crippen LogP) is 5.13. The Bertz CT molecular complexity index is 699. The van der Waals surface area contributed by atoms with Crippen LogP contribution in [0.3, 0.4) is 0 Å². The number of aryl methyl sites for hydroxylation is 1. The quantitative estimate of drug-likeness (QED) is 0.609. The Labute approximate surface area is 121 Å². The lowest BCUT2D eigenvalue weighted by molar-refractivity contribution is 0.889. The fraction of sp³-hybridized carbons (Fsp3) is 0.188. The number of aromatic nitrogens is 1. The standard InChI is InChI=1S/C16H14ClNS/c1-11-18-16(10-19-11)15(17)9-13-7-4-6-12-5-2-3-8-14(12)13/h2-8,10,15H,9H2,1H3. The van der Waals surface area contributed by atoms with E-state index < -0.39 is 0 Å². The predicted molar refractivity (Wildman–Crippen MR) is 83.1 cm³/mol. The third kappa shape index (κ3) is 2.65. The fourth-order valence-corrected chi connectivity index (χ4v) is 3.31. The summed E-state index contributed by atoms with van der Waals surface area (Å²) in [6.45, 7) is 2.01. The monoisotopic (exact) mass is 287 g/mol. The van der Waals surface area contributed by atoms with E-state index in [9.17, 15) is 0 Å². The van der Waals surface area contributed by atoms with E-state index in [1.165, 1.54) is 16.3 Å². The molecule has 0 saturated heterocycles. The van der Waals surface area contributed by atoms with E-state index in [4.69, 9.17) is 11.6 Å². The van der Waals surface area contributed by atoms with E-state index in [2.05, 4.69) is 52.8 Å². The van der Waals surface area contributed by atoms with Gasteiger partial charge >= 0.3 is 0 Å². The molecule has 96 valence electrons. The summed E-state index contributed by atoms with van der Waals surface area (Å²) in [7, 11) is 0. The summed E-state index contributed by atoms with van der Waals surface area (Å²) in [6, 6.07) is 14.8. The lowest BCUT2D eigenvalue weighted by Crippen LogP contribution is -1.97. The molecule has 1 nitrogen and oxygen atoms in total. The van der Waals surface area contributed by atoms with Crippen molar-refractivity contribution in [1.82, 2.24) is 4.98 Å². The number of halogens is 1. The van der Waals surface area contributed by atoms with Gasteiger partial charge in [-0.25, -0.2) is 4.98 Å².